The third-order valence-electron chi connectivity index (χ3n) is 4.48. The number of rotatable bonds is 5. The smallest absolute Gasteiger partial charge is 0.338 e. The number of carbonyl (C=O) groups excluding carboxylic acids is 2. The zero-order valence-corrected chi connectivity index (χ0v) is 16.0. The monoisotopic (exact) mass is 368 g/mol. The maximum absolute atomic E-state index is 12.8. The molecule has 0 saturated heterocycles. The molecule has 3 rings (SSSR count). The summed E-state index contributed by atoms with van der Waals surface area (Å²) >= 11 is 0. The summed E-state index contributed by atoms with van der Waals surface area (Å²) in [7, 11) is 1.57. The van der Waals surface area contributed by atoms with Gasteiger partial charge < -0.3 is 20.1 Å². The number of benzene rings is 2. The number of amides is 2. The summed E-state index contributed by atoms with van der Waals surface area (Å²) in [5.74, 6) is 0.364. The molecule has 1 aliphatic heterocycles. The van der Waals surface area contributed by atoms with Crippen molar-refractivity contribution >= 4 is 22.8 Å². The lowest BCUT2D eigenvalue weighted by Gasteiger charge is -2.30. The van der Waals surface area contributed by atoms with Gasteiger partial charge in [0.1, 0.15) is 5.75 Å². The van der Waals surface area contributed by atoms with Crippen LogP contribution in [0, 0.1) is 5.92 Å². The fraction of sp³-hybridized carbons (Fsp3) is 0.333. The molecule has 1 aliphatic rings. The van der Waals surface area contributed by atoms with Gasteiger partial charge in [-0.05, 0) is 29.7 Å². The number of nitrogens with one attached hydrogen (secondary N) is 2. The molecule has 2 aromatic rings. The Balaban J connectivity index is 2.15. The molecule has 6 nitrogen and oxygen atoms in total. The number of carbonyl (C=O) groups is 2. The van der Waals surface area contributed by atoms with E-state index in [1.165, 1.54) is 0 Å². The Bertz CT molecular complexity index is 918. The van der Waals surface area contributed by atoms with Crippen molar-refractivity contribution in [2.75, 3.05) is 13.7 Å². The predicted octanol–water partition coefficient (Wildman–Crippen LogP) is 3.68. The van der Waals surface area contributed by atoms with Gasteiger partial charge in [0, 0.05) is 11.3 Å². The van der Waals surface area contributed by atoms with Gasteiger partial charge in [0.15, 0.2) is 0 Å². The van der Waals surface area contributed by atoms with Crippen molar-refractivity contribution in [3.63, 3.8) is 0 Å². The highest BCUT2D eigenvalue weighted by atomic mass is 16.5. The largest absolute Gasteiger partial charge is 0.496 e. The lowest BCUT2D eigenvalue weighted by molar-refractivity contribution is -0.140. The van der Waals surface area contributed by atoms with Crippen LogP contribution in [0.3, 0.4) is 0 Å². The predicted molar refractivity (Wildman–Crippen MR) is 103 cm³/mol. The zero-order valence-electron chi connectivity index (χ0n) is 16.0. The number of allylic oxidation sites excluding steroid dienone is 1. The van der Waals surface area contributed by atoms with Gasteiger partial charge in [-0.25, -0.2) is 9.59 Å². The van der Waals surface area contributed by atoms with Gasteiger partial charge in [-0.3, -0.25) is 0 Å². The van der Waals surface area contributed by atoms with Crippen molar-refractivity contribution in [1.29, 1.82) is 0 Å². The average molecular weight is 368 g/mol. The summed E-state index contributed by atoms with van der Waals surface area (Å²) in [6.07, 6.45) is 0. The van der Waals surface area contributed by atoms with Crippen LogP contribution in [0.4, 0.5) is 4.79 Å². The maximum Gasteiger partial charge on any atom is 0.338 e. The molecule has 2 aromatic carbocycles. The number of fused-ring (bicyclic) bond motifs is 1. The van der Waals surface area contributed by atoms with E-state index < -0.39 is 12.0 Å². The topological polar surface area (TPSA) is 76.7 Å². The van der Waals surface area contributed by atoms with E-state index in [0.717, 1.165) is 16.3 Å². The van der Waals surface area contributed by atoms with E-state index >= 15 is 0 Å². The molecule has 27 heavy (non-hydrogen) atoms. The zero-order chi connectivity index (χ0) is 19.6. The minimum atomic E-state index is -0.667. The van der Waals surface area contributed by atoms with Gasteiger partial charge in [0.05, 0.1) is 25.3 Å². The first kappa shape index (κ1) is 18.8. The lowest BCUT2D eigenvalue weighted by atomic mass is 9.90. The molecule has 0 bridgehead atoms. The van der Waals surface area contributed by atoms with Gasteiger partial charge in [0.25, 0.3) is 0 Å². The number of esters is 1. The molecule has 1 atom stereocenters. The first-order valence-electron chi connectivity index (χ1n) is 8.93. The van der Waals surface area contributed by atoms with Crippen LogP contribution >= 0.6 is 0 Å². The first-order valence-corrected chi connectivity index (χ1v) is 8.93. The number of hydrogen-bond donors (Lipinski definition) is 2. The van der Waals surface area contributed by atoms with Crippen LogP contribution in [0.1, 0.15) is 32.4 Å². The second-order valence-electron chi connectivity index (χ2n) is 6.97. The number of ether oxygens (including phenoxy) is 2. The van der Waals surface area contributed by atoms with E-state index in [-0.39, 0.29) is 11.9 Å². The Morgan fingerprint density at radius 3 is 2.63 bits per heavy atom. The fourth-order valence-electron chi connectivity index (χ4n) is 3.25. The van der Waals surface area contributed by atoms with E-state index in [1.54, 1.807) is 14.0 Å². The van der Waals surface area contributed by atoms with Crippen LogP contribution < -0.4 is 15.4 Å². The van der Waals surface area contributed by atoms with Crippen LogP contribution in [0.15, 0.2) is 47.7 Å². The van der Waals surface area contributed by atoms with E-state index in [4.69, 9.17) is 9.47 Å². The van der Waals surface area contributed by atoms with Crippen molar-refractivity contribution in [3.8, 4) is 5.75 Å². The Labute approximate surface area is 158 Å². The van der Waals surface area contributed by atoms with E-state index in [2.05, 4.69) is 10.6 Å². The molecule has 0 saturated carbocycles. The van der Waals surface area contributed by atoms with E-state index in [0.29, 0.717) is 23.6 Å². The maximum atomic E-state index is 12.8. The molecule has 1 heterocycles. The molecule has 6 heteroatoms. The molecule has 0 aliphatic carbocycles. The van der Waals surface area contributed by atoms with Gasteiger partial charge in [0.2, 0.25) is 0 Å². The Hall–Kier alpha value is -3.02. The lowest BCUT2D eigenvalue weighted by Crippen LogP contribution is -2.45. The second kappa shape index (κ2) is 7.70. The summed E-state index contributed by atoms with van der Waals surface area (Å²) in [5.41, 5.74) is 1.60. The summed E-state index contributed by atoms with van der Waals surface area (Å²) in [6, 6.07) is 10.6. The quantitative estimate of drug-likeness (QED) is 0.790. The molecule has 0 spiro atoms. The highest BCUT2D eigenvalue weighted by Crippen LogP contribution is 2.38. The first-order chi connectivity index (χ1) is 12.9. The Kier molecular flexibility index (Phi) is 5.35. The van der Waals surface area contributed by atoms with Gasteiger partial charge in [-0.2, -0.15) is 0 Å². The van der Waals surface area contributed by atoms with Crippen LogP contribution in [0.5, 0.6) is 5.75 Å². The number of urea groups is 1. The fourth-order valence-corrected chi connectivity index (χ4v) is 3.25. The minimum Gasteiger partial charge on any atom is -0.496 e. The molecule has 0 radical (unpaired) electrons. The minimum absolute atomic E-state index is 0.214. The highest BCUT2D eigenvalue weighted by molar-refractivity contribution is 5.98. The Morgan fingerprint density at radius 2 is 1.93 bits per heavy atom. The summed E-state index contributed by atoms with van der Waals surface area (Å²) in [5, 5.41) is 7.43. The van der Waals surface area contributed by atoms with Gasteiger partial charge in [-0.1, -0.05) is 44.2 Å². The molecule has 0 aromatic heterocycles. The molecule has 0 fully saturated rings. The third kappa shape index (κ3) is 3.74. The Morgan fingerprint density at radius 1 is 1.19 bits per heavy atom. The molecule has 1 unspecified atom stereocenters. The third-order valence-corrected chi connectivity index (χ3v) is 4.48. The molecule has 2 N–H and O–H groups in total. The van der Waals surface area contributed by atoms with Crippen molar-refractivity contribution in [3.05, 3.63) is 53.2 Å². The number of methoxy groups -OCH3 is 1. The summed E-state index contributed by atoms with van der Waals surface area (Å²) in [6.45, 7) is 5.96. The van der Waals surface area contributed by atoms with Crippen LogP contribution in [0.2, 0.25) is 0 Å². The van der Waals surface area contributed by atoms with E-state index in [9.17, 15) is 9.59 Å². The molecular formula is C21H24N2O4. The SMILES string of the molecule is COc1ccc2ccccc2c1C1NC(=O)NC(C)=C1C(=O)OCC(C)C. The van der Waals surface area contributed by atoms with Crippen LogP contribution in [-0.4, -0.2) is 25.7 Å². The molecular weight excluding hydrogens is 344 g/mol. The summed E-state index contributed by atoms with van der Waals surface area (Å²) < 4.78 is 11.0. The number of hydrogen-bond acceptors (Lipinski definition) is 4. The molecule has 142 valence electrons. The highest BCUT2D eigenvalue weighted by Gasteiger charge is 2.35. The standard InChI is InChI=1S/C21H24N2O4/c1-12(2)11-27-20(24)17-13(3)22-21(25)23-19(17)18-15-8-6-5-7-14(15)9-10-16(18)26-4/h5-10,12,19H,11H2,1-4H3,(H2,22,23,25). The van der Waals surface area contributed by atoms with Crippen molar-refractivity contribution < 1.29 is 19.1 Å². The van der Waals surface area contributed by atoms with Crippen LogP contribution in [-0.2, 0) is 9.53 Å². The van der Waals surface area contributed by atoms with Gasteiger partial charge >= 0.3 is 12.0 Å². The average Bonchev–Trinajstić information content (AvgIpc) is 2.64. The normalized spacial score (nSPS) is 16.9. The van der Waals surface area contributed by atoms with Crippen molar-refractivity contribution in [2.24, 2.45) is 5.92 Å². The second-order valence-corrected chi connectivity index (χ2v) is 6.97. The molecule has 2 amide bonds. The van der Waals surface area contributed by atoms with Crippen molar-refractivity contribution in [1.82, 2.24) is 10.6 Å². The summed E-state index contributed by atoms with van der Waals surface area (Å²) in [4.78, 5) is 25.0. The van der Waals surface area contributed by atoms with Crippen molar-refractivity contribution in [2.45, 2.75) is 26.8 Å². The van der Waals surface area contributed by atoms with Gasteiger partial charge in [-0.15, -0.1) is 0 Å². The van der Waals surface area contributed by atoms with E-state index in [1.807, 2.05) is 50.2 Å². The van der Waals surface area contributed by atoms with Crippen LogP contribution in [0.25, 0.3) is 10.8 Å².